The Morgan fingerprint density at radius 1 is 1.40 bits per heavy atom. The maximum absolute atomic E-state index is 13.2. The third-order valence-electron chi connectivity index (χ3n) is 1.81. The molecule has 15 heavy (non-hydrogen) atoms. The minimum Gasteiger partial charge on any atom is -0.342 e. The molecule has 0 aliphatic rings. The SMILES string of the molecule is O=C(c1ccccc1)[C@H](F)OCCCBr. The number of carbonyl (C=O) groups is 1. The normalized spacial score (nSPS) is 12.4. The van der Waals surface area contributed by atoms with E-state index in [-0.39, 0.29) is 6.61 Å². The van der Waals surface area contributed by atoms with Crippen molar-refractivity contribution in [3.05, 3.63) is 35.9 Å². The molecule has 0 saturated heterocycles. The fraction of sp³-hybridized carbons (Fsp3) is 0.364. The molecule has 1 rings (SSSR count). The van der Waals surface area contributed by atoms with Crippen molar-refractivity contribution in [1.29, 1.82) is 0 Å². The number of carbonyl (C=O) groups excluding carboxylic acids is 1. The van der Waals surface area contributed by atoms with Crippen molar-refractivity contribution in [3.8, 4) is 0 Å². The lowest BCUT2D eigenvalue weighted by Gasteiger charge is -2.07. The molecule has 0 aromatic heterocycles. The van der Waals surface area contributed by atoms with Gasteiger partial charge in [-0.25, -0.2) is 4.39 Å². The molecule has 1 aromatic carbocycles. The molecule has 82 valence electrons. The summed E-state index contributed by atoms with van der Waals surface area (Å²) in [6, 6.07) is 8.30. The van der Waals surface area contributed by atoms with Gasteiger partial charge in [-0.05, 0) is 6.42 Å². The van der Waals surface area contributed by atoms with Crippen LogP contribution in [0.25, 0.3) is 0 Å². The predicted octanol–water partition coefficient (Wildman–Crippen LogP) is 2.97. The van der Waals surface area contributed by atoms with E-state index in [4.69, 9.17) is 4.74 Å². The number of hydrogen-bond donors (Lipinski definition) is 0. The molecule has 4 heteroatoms. The Balaban J connectivity index is 2.46. The first kappa shape index (κ1) is 12.3. The first-order valence-electron chi connectivity index (χ1n) is 4.66. The number of benzene rings is 1. The van der Waals surface area contributed by atoms with Gasteiger partial charge in [-0.1, -0.05) is 46.3 Å². The molecular weight excluding hydrogens is 263 g/mol. The molecule has 0 aliphatic heterocycles. The maximum Gasteiger partial charge on any atom is 0.262 e. The van der Waals surface area contributed by atoms with Crippen molar-refractivity contribution in [3.63, 3.8) is 0 Å². The summed E-state index contributed by atoms with van der Waals surface area (Å²) >= 11 is 3.19. The van der Waals surface area contributed by atoms with Crippen molar-refractivity contribution < 1.29 is 13.9 Å². The van der Waals surface area contributed by atoms with E-state index >= 15 is 0 Å². The summed E-state index contributed by atoms with van der Waals surface area (Å²) in [5, 5.41) is 0.735. The molecule has 1 aromatic rings. The fourth-order valence-corrected chi connectivity index (χ4v) is 1.28. The summed E-state index contributed by atoms with van der Waals surface area (Å²) in [5.41, 5.74) is 0.337. The summed E-state index contributed by atoms with van der Waals surface area (Å²) in [6.45, 7) is 0.241. The van der Waals surface area contributed by atoms with E-state index in [0.717, 1.165) is 5.33 Å². The molecule has 0 radical (unpaired) electrons. The van der Waals surface area contributed by atoms with Crippen LogP contribution in [0.4, 0.5) is 4.39 Å². The lowest BCUT2D eigenvalue weighted by Crippen LogP contribution is -2.20. The van der Waals surface area contributed by atoms with Gasteiger partial charge >= 0.3 is 0 Å². The highest BCUT2D eigenvalue weighted by Crippen LogP contribution is 2.07. The van der Waals surface area contributed by atoms with Crippen molar-refractivity contribution >= 4 is 21.7 Å². The average Bonchev–Trinajstić information content (AvgIpc) is 2.29. The van der Waals surface area contributed by atoms with Gasteiger partial charge in [0.1, 0.15) is 0 Å². The van der Waals surface area contributed by atoms with Crippen molar-refractivity contribution in [2.45, 2.75) is 12.8 Å². The van der Waals surface area contributed by atoms with Crippen LogP contribution in [0.5, 0.6) is 0 Å². The van der Waals surface area contributed by atoms with Crippen molar-refractivity contribution in [2.75, 3.05) is 11.9 Å². The first-order valence-corrected chi connectivity index (χ1v) is 5.78. The van der Waals surface area contributed by atoms with E-state index in [0.29, 0.717) is 12.0 Å². The number of ketones is 1. The molecule has 1 atom stereocenters. The minimum absolute atomic E-state index is 0.241. The highest BCUT2D eigenvalue weighted by molar-refractivity contribution is 9.09. The number of rotatable bonds is 6. The van der Waals surface area contributed by atoms with Gasteiger partial charge in [0.2, 0.25) is 5.78 Å². The van der Waals surface area contributed by atoms with E-state index < -0.39 is 12.1 Å². The van der Waals surface area contributed by atoms with Crippen molar-refractivity contribution in [2.24, 2.45) is 0 Å². The molecule has 2 nitrogen and oxygen atoms in total. The van der Waals surface area contributed by atoms with Crippen LogP contribution in [-0.4, -0.2) is 24.1 Å². The summed E-state index contributed by atoms with van der Waals surface area (Å²) in [4.78, 5) is 11.4. The summed E-state index contributed by atoms with van der Waals surface area (Å²) in [6.07, 6.45) is -1.17. The van der Waals surface area contributed by atoms with E-state index in [1.165, 1.54) is 0 Å². The van der Waals surface area contributed by atoms with E-state index in [9.17, 15) is 9.18 Å². The smallest absolute Gasteiger partial charge is 0.262 e. The van der Waals surface area contributed by atoms with E-state index in [1.807, 2.05) is 0 Å². The van der Waals surface area contributed by atoms with Crippen LogP contribution in [0.15, 0.2) is 30.3 Å². The Morgan fingerprint density at radius 2 is 2.07 bits per heavy atom. The molecule has 0 unspecified atom stereocenters. The van der Waals surface area contributed by atoms with Crippen LogP contribution in [0.1, 0.15) is 16.8 Å². The van der Waals surface area contributed by atoms with Crippen molar-refractivity contribution in [1.82, 2.24) is 0 Å². The van der Waals surface area contributed by atoms with Gasteiger partial charge in [0.25, 0.3) is 6.36 Å². The summed E-state index contributed by atoms with van der Waals surface area (Å²) in [5.74, 6) is -0.620. The highest BCUT2D eigenvalue weighted by atomic mass is 79.9. The summed E-state index contributed by atoms with van der Waals surface area (Å²) < 4.78 is 18.0. The quantitative estimate of drug-likeness (QED) is 0.453. The first-order chi connectivity index (χ1) is 7.25. The van der Waals surface area contributed by atoms with Gasteiger partial charge in [-0.15, -0.1) is 0 Å². The topological polar surface area (TPSA) is 26.3 Å². The van der Waals surface area contributed by atoms with Gasteiger partial charge in [0.05, 0.1) is 6.61 Å². The zero-order chi connectivity index (χ0) is 11.1. The van der Waals surface area contributed by atoms with Crippen LogP contribution in [-0.2, 0) is 4.74 Å². The highest BCUT2D eigenvalue weighted by Gasteiger charge is 2.18. The largest absolute Gasteiger partial charge is 0.342 e. The van der Waals surface area contributed by atoms with Crippen LogP contribution in [0.3, 0.4) is 0 Å². The molecule has 0 spiro atoms. The van der Waals surface area contributed by atoms with Gasteiger partial charge in [-0.3, -0.25) is 4.79 Å². The number of halogens is 2. The molecule has 0 aliphatic carbocycles. The van der Waals surface area contributed by atoms with E-state index in [1.54, 1.807) is 30.3 Å². The zero-order valence-electron chi connectivity index (χ0n) is 8.16. The number of ether oxygens (including phenoxy) is 1. The van der Waals surface area contributed by atoms with Crippen LogP contribution in [0, 0.1) is 0 Å². The molecule has 0 fully saturated rings. The Kier molecular flexibility index (Phi) is 5.50. The Hall–Kier alpha value is -0.740. The molecule has 0 N–H and O–H groups in total. The fourth-order valence-electron chi connectivity index (χ4n) is 1.05. The average molecular weight is 275 g/mol. The molecule has 0 amide bonds. The van der Waals surface area contributed by atoms with E-state index in [2.05, 4.69) is 15.9 Å². The monoisotopic (exact) mass is 274 g/mol. The second-order valence-electron chi connectivity index (χ2n) is 2.96. The number of Topliss-reactive ketones (excluding diaryl/α,β-unsaturated/α-hetero) is 1. The molecule has 0 saturated carbocycles. The molecule has 0 heterocycles. The maximum atomic E-state index is 13.2. The van der Waals surface area contributed by atoms with Gasteiger partial charge in [-0.2, -0.15) is 0 Å². The summed E-state index contributed by atoms with van der Waals surface area (Å²) in [7, 11) is 0. The van der Waals surface area contributed by atoms with Gasteiger partial charge < -0.3 is 4.74 Å². The van der Waals surface area contributed by atoms with Gasteiger partial charge in [0, 0.05) is 10.9 Å². The Morgan fingerprint density at radius 3 is 2.67 bits per heavy atom. The Labute approximate surface area is 96.6 Å². The van der Waals surface area contributed by atoms with Crippen LogP contribution < -0.4 is 0 Å². The predicted molar refractivity (Wildman–Crippen MR) is 60.0 cm³/mol. The van der Waals surface area contributed by atoms with Crippen LogP contribution >= 0.6 is 15.9 Å². The third kappa shape index (κ3) is 4.10. The standard InChI is InChI=1S/C11H12BrFO2/c12-7-4-8-15-11(13)10(14)9-5-2-1-3-6-9/h1-3,5-6,11H,4,7-8H2/t11-/m1/s1. The Bertz CT molecular complexity index is 303. The number of hydrogen-bond acceptors (Lipinski definition) is 2. The minimum atomic E-state index is -1.86. The number of alkyl halides is 2. The third-order valence-corrected chi connectivity index (χ3v) is 2.37. The van der Waals surface area contributed by atoms with Crippen LogP contribution in [0.2, 0.25) is 0 Å². The molecular formula is C11H12BrFO2. The second kappa shape index (κ2) is 6.69. The second-order valence-corrected chi connectivity index (χ2v) is 3.75. The lowest BCUT2D eigenvalue weighted by atomic mass is 10.1. The zero-order valence-corrected chi connectivity index (χ0v) is 9.74. The van der Waals surface area contributed by atoms with Gasteiger partial charge in [0.15, 0.2) is 0 Å². The molecule has 0 bridgehead atoms. The lowest BCUT2D eigenvalue weighted by molar-refractivity contribution is -0.0202.